The molecule has 1 aromatic rings. The van der Waals surface area contributed by atoms with E-state index in [1.165, 1.54) is 6.20 Å². The van der Waals surface area contributed by atoms with E-state index in [-0.39, 0.29) is 17.7 Å². The van der Waals surface area contributed by atoms with E-state index in [1.807, 2.05) is 45.0 Å². The first-order valence-electron chi connectivity index (χ1n) is 9.38. The Labute approximate surface area is 166 Å². The number of allylic oxidation sites excluding steroid dienone is 1. The molecule has 0 saturated carbocycles. The van der Waals surface area contributed by atoms with Gasteiger partial charge >= 0.3 is 6.09 Å². The molecule has 0 radical (unpaired) electrons. The van der Waals surface area contributed by atoms with E-state index in [0.29, 0.717) is 13.1 Å². The number of benzene rings is 1. The second-order valence-electron chi connectivity index (χ2n) is 7.77. The summed E-state index contributed by atoms with van der Waals surface area (Å²) in [5, 5.41) is 23.9. The van der Waals surface area contributed by atoms with Crippen LogP contribution in [0.25, 0.3) is 0 Å². The molecular formula is C21H27N5O2. The fourth-order valence-electron chi connectivity index (χ4n) is 2.86. The second kappa shape index (κ2) is 9.77. The van der Waals surface area contributed by atoms with Gasteiger partial charge in [-0.15, -0.1) is 0 Å². The molecule has 7 heteroatoms. The number of likely N-dealkylation sites (tertiary alicyclic amines) is 1. The maximum absolute atomic E-state index is 12.2. The van der Waals surface area contributed by atoms with E-state index >= 15 is 0 Å². The van der Waals surface area contributed by atoms with Gasteiger partial charge in [0.15, 0.2) is 0 Å². The van der Waals surface area contributed by atoms with Crippen LogP contribution in [0.15, 0.2) is 36.0 Å². The summed E-state index contributed by atoms with van der Waals surface area (Å²) in [5.74, 6) is 0. The minimum Gasteiger partial charge on any atom is -0.444 e. The molecule has 7 nitrogen and oxygen atoms in total. The highest BCUT2D eigenvalue weighted by atomic mass is 16.6. The van der Waals surface area contributed by atoms with Crippen LogP contribution in [0.4, 0.5) is 10.5 Å². The fraction of sp³-hybridized carbons (Fsp3) is 0.476. The van der Waals surface area contributed by atoms with Gasteiger partial charge in [-0.3, -0.25) is 0 Å². The predicted molar refractivity (Wildman–Crippen MR) is 107 cm³/mol. The van der Waals surface area contributed by atoms with Gasteiger partial charge in [-0.2, -0.15) is 10.5 Å². The molecule has 28 heavy (non-hydrogen) atoms. The van der Waals surface area contributed by atoms with Crippen LogP contribution in [-0.2, 0) is 11.3 Å². The summed E-state index contributed by atoms with van der Waals surface area (Å²) in [5.41, 5.74) is 1.46. The lowest BCUT2D eigenvalue weighted by Crippen LogP contribution is -2.49. The lowest BCUT2D eigenvalue weighted by atomic mass is 10.1. The molecule has 148 valence electrons. The molecule has 1 heterocycles. The Bertz CT molecular complexity index is 765. The van der Waals surface area contributed by atoms with Crippen molar-refractivity contribution in [2.75, 3.05) is 18.4 Å². The molecule has 2 N–H and O–H groups in total. The van der Waals surface area contributed by atoms with Crippen molar-refractivity contribution in [3.05, 3.63) is 41.6 Å². The van der Waals surface area contributed by atoms with Gasteiger partial charge in [0.25, 0.3) is 0 Å². The zero-order valence-electron chi connectivity index (χ0n) is 16.7. The summed E-state index contributed by atoms with van der Waals surface area (Å²) in [4.78, 5) is 14.0. The Morgan fingerprint density at radius 3 is 2.57 bits per heavy atom. The number of carbonyl (C=O) groups is 1. The van der Waals surface area contributed by atoms with Gasteiger partial charge in [0.2, 0.25) is 0 Å². The first-order valence-corrected chi connectivity index (χ1v) is 9.38. The molecule has 1 unspecified atom stereocenters. The Kier molecular flexibility index (Phi) is 7.43. The highest BCUT2D eigenvalue weighted by Gasteiger charge is 2.27. The lowest BCUT2D eigenvalue weighted by molar-refractivity contribution is 0.0187. The SMILES string of the molecule is CC(C)(C)OC(=O)N1CCCC(NCc2ccc(NC=C(C#N)C#N)cc2)C1. The van der Waals surface area contributed by atoms with E-state index in [1.54, 1.807) is 17.0 Å². The van der Waals surface area contributed by atoms with E-state index in [0.717, 1.165) is 30.6 Å². The summed E-state index contributed by atoms with van der Waals surface area (Å²) in [6.45, 7) is 7.70. The number of rotatable bonds is 5. The first-order chi connectivity index (χ1) is 13.3. The third-order valence-electron chi connectivity index (χ3n) is 4.25. The van der Waals surface area contributed by atoms with Crippen molar-refractivity contribution >= 4 is 11.8 Å². The third-order valence-corrected chi connectivity index (χ3v) is 4.25. The van der Waals surface area contributed by atoms with Crippen LogP contribution in [-0.4, -0.2) is 35.7 Å². The van der Waals surface area contributed by atoms with E-state index in [4.69, 9.17) is 15.3 Å². The molecule has 2 rings (SSSR count). The molecule has 1 saturated heterocycles. The second-order valence-corrected chi connectivity index (χ2v) is 7.77. The lowest BCUT2D eigenvalue weighted by Gasteiger charge is -2.34. The quantitative estimate of drug-likeness (QED) is 0.757. The van der Waals surface area contributed by atoms with Gasteiger partial charge in [0.1, 0.15) is 23.3 Å². The van der Waals surface area contributed by atoms with Crippen molar-refractivity contribution in [3.63, 3.8) is 0 Å². The van der Waals surface area contributed by atoms with Gasteiger partial charge in [-0.25, -0.2) is 4.79 Å². The molecule has 0 spiro atoms. The zero-order valence-corrected chi connectivity index (χ0v) is 16.7. The molecular weight excluding hydrogens is 354 g/mol. The van der Waals surface area contributed by atoms with Gasteiger partial charge in [-0.05, 0) is 51.3 Å². The highest BCUT2D eigenvalue weighted by Crippen LogP contribution is 2.16. The summed E-state index contributed by atoms with van der Waals surface area (Å²) >= 11 is 0. The number of piperidine rings is 1. The van der Waals surface area contributed by atoms with Crippen LogP contribution >= 0.6 is 0 Å². The fourth-order valence-corrected chi connectivity index (χ4v) is 2.86. The van der Waals surface area contributed by atoms with Gasteiger partial charge < -0.3 is 20.3 Å². The molecule has 1 atom stereocenters. The van der Waals surface area contributed by atoms with E-state index in [2.05, 4.69) is 10.6 Å². The van der Waals surface area contributed by atoms with Crippen molar-refractivity contribution in [3.8, 4) is 12.1 Å². The highest BCUT2D eigenvalue weighted by molar-refractivity contribution is 5.68. The van der Waals surface area contributed by atoms with Crippen LogP contribution in [0.3, 0.4) is 0 Å². The molecule has 0 aliphatic carbocycles. The largest absolute Gasteiger partial charge is 0.444 e. The van der Waals surface area contributed by atoms with Crippen LogP contribution in [0, 0.1) is 22.7 Å². The van der Waals surface area contributed by atoms with Crippen molar-refractivity contribution in [1.29, 1.82) is 10.5 Å². The summed E-state index contributed by atoms with van der Waals surface area (Å²) in [7, 11) is 0. The average Bonchev–Trinajstić information content (AvgIpc) is 2.67. The van der Waals surface area contributed by atoms with Gasteiger partial charge in [0.05, 0.1) is 0 Å². The monoisotopic (exact) mass is 381 g/mol. The van der Waals surface area contributed by atoms with Crippen LogP contribution in [0.1, 0.15) is 39.2 Å². The van der Waals surface area contributed by atoms with Crippen LogP contribution in [0.2, 0.25) is 0 Å². The Balaban J connectivity index is 1.83. The Morgan fingerprint density at radius 1 is 1.29 bits per heavy atom. The molecule has 0 aromatic heterocycles. The summed E-state index contributed by atoms with van der Waals surface area (Å²) in [6, 6.07) is 11.6. The number of ether oxygens (including phenoxy) is 1. The molecule has 1 fully saturated rings. The summed E-state index contributed by atoms with van der Waals surface area (Å²) in [6.07, 6.45) is 3.11. The minimum absolute atomic E-state index is 0.0255. The number of nitriles is 2. The Morgan fingerprint density at radius 2 is 1.96 bits per heavy atom. The minimum atomic E-state index is -0.482. The normalized spacial score (nSPS) is 16.5. The van der Waals surface area contributed by atoms with Crippen LogP contribution < -0.4 is 10.6 Å². The number of carbonyl (C=O) groups excluding carboxylic acids is 1. The van der Waals surface area contributed by atoms with Gasteiger partial charge in [-0.1, -0.05) is 12.1 Å². The number of hydrogen-bond acceptors (Lipinski definition) is 6. The molecule has 0 bridgehead atoms. The predicted octanol–water partition coefficient (Wildman–Crippen LogP) is 3.52. The number of amides is 1. The molecule has 1 aromatic carbocycles. The third kappa shape index (κ3) is 6.94. The smallest absolute Gasteiger partial charge is 0.410 e. The topological polar surface area (TPSA) is 101 Å². The standard InChI is InChI=1S/C21H27N5O2/c1-21(2,3)28-20(27)26-10-4-5-19(15-26)25-13-16-6-8-18(9-7-16)24-14-17(11-22)12-23/h6-9,14,19,24-25H,4-5,10,13,15H2,1-3H3. The first kappa shape index (κ1) is 21.3. The Hall–Kier alpha value is -3.03. The zero-order chi connectivity index (χ0) is 20.6. The van der Waals surface area contributed by atoms with Crippen molar-refractivity contribution in [1.82, 2.24) is 10.2 Å². The number of nitrogens with one attached hydrogen (secondary N) is 2. The average molecular weight is 381 g/mol. The molecule has 1 aliphatic rings. The molecule has 1 amide bonds. The molecule has 1 aliphatic heterocycles. The number of hydrogen-bond donors (Lipinski definition) is 2. The van der Waals surface area contributed by atoms with E-state index < -0.39 is 5.60 Å². The maximum Gasteiger partial charge on any atom is 0.410 e. The van der Waals surface area contributed by atoms with Gasteiger partial charge in [0, 0.05) is 37.6 Å². The maximum atomic E-state index is 12.2. The van der Waals surface area contributed by atoms with Crippen molar-refractivity contribution in [2.24, 2.45) is 0 Å². The van der Waals surface area contributed by atoms with Crippen LogP contribution in [0.5, 0.6) is 0 Å². The number of nitrogens with zero attached hydrogens (tertiary/aromatic N) is 3. The number of anilines is 1. The van der Waals surface area contributed by atoms with Crippen molar-refractivity contribution < 1.29 is 9.53 Å². The van der Waals surface area contributed by atoms with Crippen molar-refractivity contribution in [2.45, 2.75) is 51.8 Å². The van der Waals surface area contributed by atoms with E-state index in [9.17, 15) is 4.79 Å². The summed E-state index contributed by atoms with van der Waals surface area (Å²) < 4.78 is 5.46.